The summed E-state index contributed by atoms with van der Waals surface area (Å²) in [5.74, 6) is 0.733. The van der Waals surface area contributed by atoms with Crippen LogP contribution in [0.15, 0.2) is 27.8 Å². The molecule has 0 radical (unpaired) electrons. The van der Waals surface area contributed by atoms with Crippen molar-refractivity contribution in [2.75, 3.05) is 11.4 Å². The van der Waals surface area contributed by atoms with Gasteiger partial charge in [-0.15, -0.1) is 0 Å². The summed E-state index contributed by atoms with van der Waals surface area (Å²) in [6, 6.07) is 6.33. The first kappa shape index (κ1) is 18.5. The van der Waals surface area contributed by atoms with Crippen LogP contribution in [0.4, 0.5) is 11.6 Å². The van der Waals surface area contributed by atoms with E-state index in [2.05, 4.69) is 43.9 Å². The van der Waals surface area contributed by atoms with Gasteiger partial charge in [0, 0.05) is 32.4 Å². The second-order valence-electron chi connectivity index (χ2n) is 7.66. The minimum atomic E-state index is -0.289. The number of imidazole rings is 1. The molecule has 2 aromatic heterocycles. The van der Waals surface area contributed by atoms with Crippen molar-refractivity contribution in [3.63, 3.8) is 0 Å². The average Bonchev–Trinajstić information content (AvgIpc) is 3.24. The van der Waals surface area contributed by atoms with E-state index in [0.29, 0.717) is 24.3 Å². The van der Waals surface area contributed by atoms with E-state index in [9.17, 15) is 9.59 Å². The zero-order valence-corrected chi connectivity index (χ0v) is 17.0. The largest absolute Gasteiger partial charge is 0.332 e. The van der Waals surface area contributed by atoms with Crippen molar-refractivity contribution in [2.45, 2.75) is 53.1 Å². The summed E-state index contributed by atoms with van der Waals surface area (Å²) in [5, 5.41) is 0. The van der Waals surface area contributed by atoms with Crippen LogP contribution in [0.5, 0.6) is 0 Å². The molecule has 0 aliphatic carbocycles. The highest BCUT2D eigenvalue weighted by molar-refractivity contribution is 5.77. The quantitative estimate of drug-likeness (QED) is 0.638. The van der Waals surface area contributed by atoms with Gasteiger partial charge in [0.2, 0.25) is 5.95 Å². The molecule has 7 heteroatoms. The summed E-state index contributed by atoms with van der Waals surface area (Å²) in [6.45, 7) is 8.19. The number of anilines is 2. The standard InChI is InChI=1S/C21H27N5O2/c1-5-6-7-10-26-19(27)17-18(23(4)21(26)28)22-20-24(11-12-25(17)20)16-9-8-14(2)15(3)13-16/h8-9,13H,5-7,10-12H2,1-4H3. The predicted octanol–water partition coefficient (Wildman–Crippen LogP) is 2.86. The van der Waals surface area contributed by atoms with E-state index in [4.69, 9.17) is 4.98 Å². The number of nitrogens with zero attached hydrogens (tertiary/aromatic N) is 5. The Morgan fingerprint density at radius 1 is 1.07 bits per heavy atom. The molecule has 7 nitrogen and oxygen atoms in total. The van der Waals surface area contributed by atoms with Gasteiger partial charge in [-0.05, 0) is 43.5 Å². The Kier molecular flexibility index (Phi) is 4.61. The van der Waals surface area contributed by atoms with Gasteiger partial charge >= 0.3 is 5.69 Å². The number of benzene rings is 1. The smallest absolute Gasteiger partial charge is 0.310 e. The molecule has 0 spiro atoms. The monoisotopic (exact) mass is 381 g/mol. The maximum absolute atomic E-state index is 13.1. The minimum Gasteiger partial charge on any atom is -0.310 e. The fourth-order valence-electron chi connectivity index (χ4n) is 3.93. The van der Waals surface area contributed by atoms with Gasteiger partial charge in [0.1, 0.15) is 0 Å². The van der Waals surface area contributed by atoms with Gasteiger partial charge in [-0.2, -0.15) is 4.98 Å². The Hall–Kier alpha value is -2.83. The van der Waals surface area contributed by atoms with Gasteiger partial charge in [0.25, 0.3) is 5.56 Å². The molecule has 0 saturated heterocycles. The number of unbranched alkanes of at least 4 members (excludes halogenated alkanes) is 2. The first-order valence-electron chi connectivity index (χ1n) is 9.99. The number of aryl methyl sites for hydroxylation is 3. The summed E-state index contributed by atoms with van der Waals surface area (Å²) in [4.78, 5) is 32.7. The van der Waals surface area contributed by atoms with Crippen molar-refractivity contribution >= 4 is 22.8 Å². The van der Waals surface area contributed by atoms with Crippen molar-refractivity contribution in [1.29, 1.82) is 0 Å². The highest BCUT2D eigenvalue weighted by atomic mass is 16.2. The van der Waals surface area contributed by atoms with Crippen LogP contribution in [0.25, 0.3) is 11.2 Å². The summed E-state index contributed by atoms with van der Waals surface area (Å²) in [7, 11) is 1.70. The summed E-state index contributed by atoms with van der Waals surface area (Å²) >= 11 is 0. The van der Waals surface area contributed by atoms with Crippen LogP contribution in [0.3, 0.4) is 0 Å². The lowest BCUT2D eigenvalue weighted by atomic mass is 10.1. The van der Waals surface area contributed by atoms with Crippen LogP contribution >= 0.6 is 0 Å². The van der Waals surface area contributed by atoms with Crippen molar-refractivity contribution in [3.8, 4) is 0 Å². The summed E-state index contributed by atoms with van der Waals surface area (Å²) in [6.07, 6.45) is 2.87. The molecular weight excluding hydrogens is 354 g/mol. The van der Waals surface area contributed by atoms with E-state index in [1.165, 1.54) is 20.3 Å². The van der Waals surface area contributed by atoms with Gasteiger partial charge in [0.05, 0.1) is 0 Å². The third-order valence-electron chi connectivity index (χ3n) is 5.79. The van der Waals surface area contributed by atoms with E-state index in [0.717, 1.165) is 37.4 Å². The molecule has 0 fully saturated rings. The SMILES string of the molecule is CCCCCn1c(=O)c2c(nc3n2CCN3c2ccc(C)c(C)c2)n(C)c1=O. The maximum atomic E-state index is 13.1. The Bertz CT molecular complexity index is 1170. The highest BCUT2D eigenvalue weighted by Crippen LogP contribution is 2.32. The lowest BCUT2D eigenvalue weighted by molar-refractivity contribution is 0.549. The second-order valence-corrected chi connectivity index (χ2v) is 7.66. The first-order chi connectivity index (χ1) is 13.4. The number of hydrogen-bond donors (Lipinski definition) is 0. The molecule has 0 amide bonds. The van der Waals surface area contributed by atoms with Gasteiger partial charge in [-0.3, -0.25) is 13.9 Å². The Morgan fingerprint density at radius 3 is 2.57 bits per heavy atom. The number of aromatic nitrogens is 4. The van der Waals surface area contributed by atoms with E-state index in [-0.39, 0.29) is 11.2 Å². The van der Waals surface area contributed by atoms with Crippen LogP contribution in [0, 0.1) is 13.8 Å². The zero-order chi connectivity index (χ0) is 20.0. The van der Waals surface area contributed by atoms with E-state index in [1.54, 1.807) is 7.05 Å². The van der Waals surface area contributed by atoms with Gasteiger partial charge in [-0.25, -0.2) is 4.79 Å². The summed E-state index contributed by atoms with van der Waals surface area (Å²) < 4.78 is 4.83. The topological polar surface area (TPSA) is 65.1 Å². The number of rotatable bonds is 5. The van der Waals surface area contributed by atoms with Crippen molar-refractivity contribution in [2.24, 2.45) is 7.05 Å². The Morgan fingerprint density at radius 2 is 1.86 bits per heavy atom. The van der Waals surface area contributed by atoms with Crippen LogP contribution in [-0.4, -0.2) is 25.2 Å². The van der Waals surface area contributed by atoms with Crippen molar-refractivity contribution in [1.82, 2.24) is 18.7 Å². The molecule has 0 N–H and O–H groups in total. The normalized spacial score (nSPS) is 13.5. The second kappa shape index (κ2) is 6.96. The van der Waals surface area contributed by atoms with Gasteiger partial charge in [0.15, 0.2) is 11.2 Å². The molecule has 0 bridgehead atoms. The summed E-state index contributed by atoms with van der Waals surface area (Å²) in [5.41, 5.74) is 4.00. The Labute approximate surface area is 163 Å². The molecule has 0 saturated carbocycles. The molecule has 148 valence electrons. The lowest BCUT2D eigenvalue weighted by Crippen LogP contribution is -2.39. The molecule has 3 heterocycles. The van der Waals surface area contributed by atoms with Crippen molar-refractivity contribution in [3.05, 3.63) is 50.2 Å². The molecule has 28 heavy (non-hydrogen) atoms. The molecule has 0 unspecified atom stereocenters. The Balaban J connectivity index is 1.86. The molecule has 3 aromatic rings. The molecule has 1 aliphatic rings. The van der Waals surface area contributed by atoms with E-state index < -0.39 is 0 Å². The third kappa shape index (κ3) is 2.77. The third-order valence-corrected chi connectivity index (χ3v) is 5.79. The highest BCUT2D eigenvalue weighted by Gasteiger charge is 2.28. The van der Waals surface area contributed by atoms with E-state index in [1.807, 2.05) is 4.57 Å². The molecule has 0 atom stereocenters. The van der Waals surface area contributed by atoms with Crippen LogP contribution in [-0.2, 0) is 20.1 Å². The fraction of sp³-hybridized carbons (Fsp3) is 0.476. The maximum Gasteiger partial charge on any atom is 0.332 e. The van der Waals surface area contributed by atoms with Crippen molar-refractivity contribution < 1.29 is 0 Å². The zero-order valence-electron chi connectivity index (χ0n) is 17.0. The molecule has 1 aliphatic heterocycles. The van der Waals surface area contributed by atoms with Crippen LogP contribution in [0.2, 0.25) is 0 Å². The first-order valence-corrected chi connectivity index (χ1v) is 9.99. The molecular formula is C21H27N5O2. The predicted molar refractivity (Wildman–Crippen MR) is 112 cm³/mol. The fourth-order valence-corrected chi connectivity index (χ4v) is 3.93. The number of fused-ring (bicyclic) bond motifs is 3. The van der Waals surface area contributed by atoms with Crippen LogP contribution < -0.4 is 16.1 Å². The van der Waals surface area contributed by atoms with Gasteiger partial charge in [-0.1, -0.05) is 25.8 Å². The molecule has 1 aromatic carbocycles. The van der Waals surface area contributed by atoms with Gasteiger partial charge < -0.3 is 9.47 Å². The minimum absolute atomic E-state index is 0.227. The van der Waals surface area contributed by atoms with E-state index >= 15 is 0 Å². The van der Waals surface area contributed by atoms with Crippen LogP contribution in [0.1, 0.15) is 37.3 Å². The lowest BCUT2D eigenvalue weighted by Gasteiger charge is -2.17. The average molecular weight is 381 g/mol. The number of hydrogen-bond acceptors (Lipinski definition) is 4. The molecule has 4 rings (SSSR count).